The van der Waals surface area contributed by atoms with E-state index in [-0.39, 0.29) is 5.56 Å². The van der Waals surface area contributed by atoms with E-state index in [2.05, 4.69) is 15.1 Å². The second-order valence-electron chi connectivity index (χ2n) is 2.89. The fraction of sp³-hybridized carbons (Fsp3) is 0.222. The normalized spacial score (nSPS) is 10.4. The van der Waals surface area contributed by atoms with Crippen LogP contribution in [0.2, 0.25) is 0 Å². The van der Waals surface area contributed by atoms with Crippen molar-refractivity contribution < 1.29 is 0 Å². The van der Waals surface area contributed by atoms with Crippen LogP contribution in [0, 0.1) is 0 Å². The Kier molecular flexibility index (Phi) is 2.14. The minimum absolute atomic E-state index is 0.202. The van der Waals surface area contributed by atoms with Crippen molar-refractivity contribution in [2.75, 3.05) is 0 Å². The average Bonchev–Trinajstić information content (AvgIpc) is 2.66. The van der Waals surface area contributed by atoms with Gasteiger partial charge < -0.3 is 4.98 Å². The number of aromatic amines is 1. The van der Waals surface area contributed by atoms with E-state index in [1.54, 1.807) is 17.1 Å². The molecule has 1 N–H and O–H groups in total. The summed E-state index contributed by atoms with van der Waals surface area (Å²) >= 11 is 0. The highest BCUT2D eigenvalue weighted by Gasteiger charge is 2.01. The van der Waals surface area contributed by atoms with Crippen LogP contribution in [0.4, 0.5) is 0 Å². The molecule has 0 spiro atoms. The van der Waals surface area contributed by atoms with Gasteiger partial charge in [-0.1, -0.05) is 0 Å². The fourth-order valence-electron chi connectivity index (χ4n) is 1.20. The average molecular weight is 190 g/mol. The number of aryl methyl sites for hydroxylation is 1. The lowest BCUT2D eigenvalue weighted by molar-refractivity contribution is 0.660. The molecule has 2 aromatic heterocycles. The van der Waals surface area contributed by atoms with Gasteiger partial charge in [0.05, 0.1) is 24.3 Å². The standard InChI is InChI=1S/C9H10N4O/c1-2-13-6-7(3-11-13)8-4-10-5-9(14)12-8/h3-6H,2H2,1H3,(H,12,14). The van der Waals surface area contributed by atoms with Crippen LogP contribution in [0.3, 0.4) is 0 Å². The van der Waals surface area contributed by atoms with Gasteiger partial charge in [0.2, 0.25) is 0 Å². The predicted molar refractivity (Wildman–Crippen MR) is 51.8 cm³/mol. The van der Waals surface area contributed by atoms with Crippen LogP contribution in [0.25, 0.3) is 11.3 Å². The minimum Gasteiger partial charge on any atom is -0.319 e. The van der Waals surface area contributed by atoms with E-state index in [0.29, 0.717) is 5.69 Å². The van der Waals surface area contributed by atoms with E-state index in [1.807, 2.05) is 13.1 Å². The van der Waals surface area contributed by atoms with Gasteiger partial charge in [-0.3, -0.25) is 14.5 Å². The summed E-state index contributed by atoms with van der Waals surface area (Å²) in [5.41, 5.74) is 1.36. The molecule has 0 bridgehead atoms. The molecule has 0 aliphatic carbocycles. The molecule has 72 valence electrons. The van der Waals surface area contributed by atoms with Crippen molar-refractivity contribution in [1.82, 2.24) is 19.7 Å². The van der Waals surface area contributed by atoms with E-state index < -0.39 is 0 Å². The first-order valence-corrected chi connectivity index (χ1v) is 4.36. The van der Waals surface area contributed by atoms with E-state index in [0.717, 1.165) is 12.1 Å². The monoisotopic (exact) mass is 190 g/mol. The number of nitrogens with one attached hydrogen (secondary N) is 1. The molecule has 0 fully saturated rings. The second kappa shape index (κ2) is 3.45. The third-order valence-corrected chi connectivity index (χ3v) is 1.92. The molecule has 0 aliphatic rings. The quantitative estimate of drug-likeness (QED) is 0.756. The van der Waals surface area contributed by atoms with Crippen LogP contribution in [-0.4, -0.2) is 19.7 Å². The maximum atomic E-state index is 11.0. The van der Waals surface area contributed by atoms with Gasteiger partial charge in [0.1, 0.15) is 0 Å². The lowest BCUT2D eigenvalue weighted by Gasteiger charge is -1.94. The van der Waals surface area contributed by atoms with Crippen molar-refractivity contribution in [2.45, 2.75) is 13.5 Å². The van der Waals surface area contributed by atoms with E-state index in [9.17, 15) is 4.79 Å². The number of H-pyrrole nitrogens is 1. The zero-order valence-electron chi connectivity index (χ0n) is 7.77. The molecular formula is C9H10N4O. The highest BCUT2D eigenvalue weighted by molar-refractivity contribution is 5.55. The van der Waals surface area contributed by atoms with Gasteiger partial charge in [-0.15, -0.1) is 0 Å². The van der Waals surface area contributed by atoms with Crippen LogP contribution >= 0.6 is 0 Å². The smallest absolute Gasteiger partial charge is 0.266 e. The molecule has 0 saturated heterocycles. The van der Waals surface area contributed by atoms with Crippen molar-refractivity contribution in [2.24, 2.45) is 0 Å². The maximum Gasteiger partial charge on any atom is 0.266 e. The molecule has 0 atom stereocenters. The summed E-state index contributed by atoms with van der Waals surface area (Å²) in [4.78, 5) is 17.5. The van der Waals surface area contributed by atoms with E-state index in [1.165, 1.54) is 6.20 Å². The van der Waals surface area contributed by atoms with Crippen molar-refractivity contribution >= 4 is 0 Å². The summed E-state index contributed by atoms with van der Waals surface area (Å²) in [6.45, 7) is 2.81. The fourth-order valence-corrected chi connectivity index (χ4v) is 1.20. The van der Waals surface area contributed by atoms with Crippen LogP contribution in [0.5, 0.6) is 0 Å². The molecule has 2 heterocycles. The summed E-state index contributed by atoms with van der Waals surface area (Å²) in [5.74, 6) is 0. The molecule has 2 rings (SSSR count). The summed E-state index contributed by atoms with van der Waals surface area (Å²) < 4.78 is 1.79. The highest BCUT2D eigenvalue weighted by Crippen LogP contribution is 2.12. The lowest BCUT2D eigenvalue weighted by Crippen LogP contribution is -2.05. The topological polar surface area (TPSA) is 63.6 Å². The van der Waals surface area contributed by atoms with Crippen molar-refractivity contribution in [3.05, 3.63) is 35.1 Å². The first-order valence-electron chi connectivity index (χ1n) is 4.36. The summed E-state index contributed by atoms with van der Waals surface area (Å²) in [6.07, 6.45) is 6.43. The molecule has 5 heteroatoms. The number of hydrogen-bond acceptors (Lipinski definition) is 3. The third kappa shape index (κ3) is 1.56. The summed E-state index contributed by atoms with van der Waals surface area (Å²) in [5, 5.41) is 4.11. The van der Waals surface area contributed by atoms with Crippen molar-refractivity contribution in [1.29, 1.82) is 0 Å². The Balaban J connectivity index is 2.44. The Morgan fingerprint density at radius 1 is 1.43 bits per heavy atom. The van der Waals surface area contributed by atoms with Crippen LogP contribution in [0.15, 0.2) is 29.6 Å². The number of rotatable bonds is 2. The summed E-state index contributed by atoms with van der Waals surface area (Å²) in [7, 11) is 0. The minimum atomic E-state index is -0.202. The Labute approximate surface area is 80.4 Å². The molecule has 14 heavy (non-hydrogen) atoms. The molecule has 0 amide bonds. The largest absolute Gasteiger partial charge is 0.319 e. The third-order valence-electron chi connectivity index (χ3n) is 1.92. The van der Waals surface area contributed by atoms with Crippen molar-refractivity contribution in [3.8, 4) is 11.3 Å². The first kappa shape index (κ1) is 8.68. The molecule has 0 aliphatic heterocycles. The zero-order chi connectivity index (χ0) is 9.97. The lowest BCUT2D eigenvalue weighted by atomic mass is 10.3. The first-order chi connectivity index (χ1) is 6.79. The number of nitrogens with zero attached hydrogens (tertiary/aromatic N) is 3. The number of aromatic nitrogens is 4. The van der Waals surface area contributed by atoms with Gasteiger partial charge in [0, 0.05) is 18.3 Å². The molecule has 2 aromatic rings. The van der Waals surface area contributed by atoms with Gasteiger partial charge in [-0.2, -0.15) is 5.10 Å². The van der Waals surface area contributed by atoms with Gasteiger partial charge >= 0.3 is 0 Å². The maximum absolute atomic E-state index is 11.0. The predicted octanol–water partition coefficient (Wildman–Crippen LogP) is 0.653. The van der Waals surface area contributed by atoms with Crippen molar-refractivity contribution in [3.63, 3.8) is 0 Å². The Morgan fingerprint density at radius 2 is 2.29 bits per heavy atom. The second-order valence-corrected chi connectivity index (χ2v) is 2.89. The van der Waals surface area contributed by atoms with Gasteiger partial charge in [-0.25, -0.2) is 0 Å². The Morgan fingerprint density at radius 3 is 2.93 bits per heavy atom. The van der Waals surface area contributed by atoms with Gasteiger partial charge in [0.15, 0.2) is 0 Å². The number of hydrogen-bond donors (Lipinski definition) is 1. The molecule has 0 radical (unpaired) electrons. The Hall–Kier alpha value is -1.91. The SMILES string of the molecule is CCn1cc(-c2cncc(=O)[nH]2)cn1. The summed E-state index contributed by atoms with van der Waals surface area (Å²) in [6, 6.07) is 0. The van der Waals surface area contributed by atoms with E-state index >= 15 is 0 Å². The van der Waals surface area contributed by atoms with Gasteiger partial charge in [0.25, 0.3) is 5.56 Å². The molecule has 0 aromatic carbocycles. The van der Waals surface area contributed by atoms with Gasteiger partial charge in [-0.05, 0) is 6.92 Å². The zero-order valence-corrected chi connectivity index (χ0v) is 7.77. The molecular weight excluding hydrogens is 180 g/mol. The molecule has 0 saturated carbocycles. The Bertz CT molecular complexity index is 485. The van der Waals surface area contributed by atoms with Crippen LogP contribution in [0.1, 0.15) is 6.92 Å². The van der Waals surface area contributed by atoms with Crippen LogP contribution < -0.4 is 5.56 Å². The highest BCUT2D eigenvalue weighted by atomic mass is 16.1. The molecule has 0 unspecified atom stereocenters. The van der Waals surface area contributed by atoms with E-state index in [4.69, 9.17) is 0 Å². The molecule has 5 nitrogen and oxygen atoms in total. The van der Waals surface area contributed by atoms with Crippen LogP contribution in [-0.2, 0) is 6.54 Å².